The minimum Gasteiger partial charge on any atom is -0.384 e. The summed E-state index contributed by atoms with van der Waals surface area (Å²) in [7, 11) is -1.82. The number of hydrogen-bond donors (Lipinski definition) is 1. The second kappa shape index (κ2) is 7.15. The van der Waals surface area contributed by atoms with Crippen molar-refractivity contribution >= 4 is 38.9 Å². The Morgan fingerprint density at radius 2 is 2.19 bits per heavy atom. The second-order valence-corrected chi connectivity index (χ2v) is 7.67. The van der Waals surface area contributed by atoms with E-state index >= 15 is 0 Å². The molecule has 118 valence electrons. The number of methoxy groups -OCH3 is 1. The summed E-state index contributed by atoms with van der Waals surface area (Å²) in [6.07, 6.45) is 0.741. The highest BCUT2D eigenvalue weighted by Gasteiger charge is 2.27. The van der Waals surface area contributed by atoms with Crippen molar-refractivity contribution in [3.63, 3.8) is 0 Å². The lowest BCUT2D eigenvalue weighted by atomic mass is 10.3. The number of ether oxygens (including phenoxy) is 1. The van der Waals surface area contributed by atoms with Crippen LogP contribution in [0.1, 0.15) is 6.42 Å². The molecular weight excluding hydrogens is 335 g/mol. The summed E-state index contributed by atoms with van der Waals surface area (Å²) < 4.78 is 31.2. The number of anilines is 1. The number of benzene rings is 1. The summed E-state index contributed by atoms with van der Waals surface area (Å²) in [5.74, 6) is -0.0261. The van der Waals surface area contributed by atoms with Crippen LogP contribution in [0.4, 0.5) is 5.69 Å². The molecule has 0 amide bonds. The van der Waals surface area contributed by atoms with Crippen LogP contribution in [0.3, 0.4) is 0 Å². The largest absolute Gasteiger partial charge is 0.384 e. The monoisotopic (exact) mass is 352 g/mol. The van der Waals surface area contributed by atoms with Gasteiger partial charge in [-0.2, -0.15) is 0 Å². The molecule has 1 aromatic rings. The van der Waals surface area contributed by atoms with Crippen molar-refractivity contribution in [2.75, 3.05) is 37.5 Å². The van der Waals surface area contributed by atoms with E-state index in [2.05, 4.69) is 9.62 Å². The summed E-state index contributed by atoms with van der Waals surface area (Å²) in [5, 5.41) is 1.16. The molecule has 0 radical (unpaired) electrons. The molecule has 0 spiro atoms. The van der Waals surface area contributed by atoms with Gasteiger partial charge in [-0.05, 0) is 24.6 Å². The maximum Gasteiger partial charge on any atom is 0.214 e. The lowest BCUT2D eigenvalue weighted by molar-refractivity contribution is 0.216. The minimum atomic E-state index is -3.31. The summed E-state index contributed by atoms with van der Waals surface area (Å²) in [6.45, 7) is 1.53. The van der Waals surface area contributed by atoms with Gasteiger partial charge in [0.1, 0.15) is 0 Å². The molecule has 1 heterocycles. The van der Waals surface area contributed by atoms with Gasteiger partial charge in [-0.1, -0.05) is 23.2 Å². The van der Waals surface area contributed by atoms with E-state index in [-0.39, 0.29) is 18.4 Å². The molecule has 1 fully saturated rings. The molecule has 1 N–H and O–H groups in total. The second-order valence-electron chi connectivity index (χ2n) is 4.96. The summed E-state index contributed by atoms with van der Waals surface area (Å²) in [6, 6.07) is 5.21. The van der Waals surface area contributed by atoms with Gasteiger partial charge in [-0.3, -0.25) is 0 Å². The fourth-order valence-electron chi connectivity index (χ4n) is 2.32. The van der Waals surface area contributed by atoms with Crippen LogP contribution in [-0.2, 0) is 14.8 Å². The summed E-state index contributed by atoms with van der Waals surface area (Å²) in [5.41, 5.74) is 0.875. The Labute approximate surface area is 135 Å². The molecule has 21 heavy (non-hydrogen) atoms. The molecule has 1 atom stereocenters. The van der Waals surface area contributed by atoms with Gasteiger partial charge in [-0.25, -0.2) is 13.1 Å². The molecule has 0 aliphatic carbocycles. The Balaban J connectivity index is 1.97. The SMILES string of the molecule is COCCS(=O)(=O)NC1CCN(c2ccc(Cl)cc2Cl)C1. The topological polar surface area (TPSA) is 58.6 Å². The van der Waals surface area contributed by atoms with E-state index in [1.54, 1.807) is 12.1 Å². The Morgan fingerprint density at radius 1 is 1.43 bits per heavy atom. The van der Waals surface area contributed by atoms with Crippen LogP contribution < -0.4 is 9.62 Å². The molecule has 2 rings (SSSR count). The van der Waals surface area contributed by atoms with Crippen molar-refractivity contribution in [2.24, 2.45) is 0 Å². The zero-order chi connectivity index (χ0) is 15.5. The van der Waals surface area contributed by atoms with Gasteiger partial charge in [0.2, 0.25) is 10.0 Å². The van der Waals surface area contributed by atoms with Crippen LogP contribution in [0.25, 0.3) is 0 Å². The molecule has 0 aromatic heterocycles. The molecule has 0 saturated carbocycles. The van der Waals surface area contributed by atoms with E-state index in [0.29, 0.717) is 16.6 Å². The average Bonchev–Trinajstić information content (AvgIpc) is 2.84. The minimum absolute atomic E-state index is 0.0261. The molecule has 5 nitrogen and oxygen atoms in total. The maximum absolute atomic E-state index is 11.8. The summed E-state index contributed by atoms with van der Waals surface area (Å²) >= 11 is 12.1. The third-order valence-corrected chi connectivity index (χ3v) is 5.28. The number of hydrogen-bond acceptors (Lipinski definition) is 4. The molecule has 1 aliphatic heterocycles. The first kappa shape index (κ1) is 16.8. The molecule has 1 aromatic carbocycles. The van der Waals surface area contributed by atoms with Crippen molar-refractivity contribution in [1.29, 1.82) is 0 Å². The first-order valence-electron chi connectivity index (χ1n) is 6.60. The zero-order valence-electron chi connectivity index (χ0n) is 11.7. The van der Waals surface area contributed by atoms with Crippen molar-refractivity contribution in [2.45, 2.75) is 12.5 Å². The van der Waals surface area contributed by atoms with Crippen molar-refractivity contribution in [1.82, 2.24) is 4.72 Å². The van der Waals surface area contributed by atoms with E-state index in [0.717, 1.165) is 18.7 Å². The maximum atomic E-state index is 11.8. The van der Waals surface area contributed by atoms with Gasteiger partial charge in [0, 0.05) is 31.3 Å². The van der Waals surface area contributed by atoms with Gasteiger partial charge >= 0.3 is 0 Å². The van der Waals surface area contributed by atoms with Crippen molar-refractivity contribution in [3.05, 3.63) is 28.2 Å². The fourth-order valence-corrected chi connectivity index (χ4v) is 4.05. The number of nitrogens with zero attached hydrogens (tertiary/aromatic N) is 1. The average molecular weight is 353 g/mol. The Hall–Kier alpha value is -0.530. The molecule has 1 unspecified atom stereocenters. The highest BCUT2D eigenvalue weighted by atomic mass is 35.5. The zero-order valence-corrected chi connectivity index (χ0v) is 14.0. The van der Waals surface area contributed by atoms with E-state index < -0.39 is 10.0 Å². The van der Waals surface area contributed by atoms with E-state index in [1.807, 2.05) is 6.07 Å². The summed E-state index contributed by atoms with van der Waals surface area (Å²) in [4.78, 5) is 2.06. The first-order valence-corrected chi connectivity index (χ1v) is 9.01. The molecule has 1 aliphatic rings. The Kier molecular flexibility index (Phi) is 5.73. The standard InChI is InChI=1S/C13H18Cl2N2O3S/c1-20-6-7-21(18,19)16-11-4-5-17(9-11)13-3-2-10(14)8-12(13)15/h2-3,8,11,16H,4-7,9H2,1H3. The quantitative estimate of drug-likeness (QED) is 0.851. The number of nitrogens with one attached hydrogen (secondary N) is 1. The highest BCUT2D eigenvalue weighted by Crippen LogP contribution is 2.31. The van der Waals surface area contributed by atoms with Crippen LogP contribution in [0.2, 0.25) is 10.0 Å². The van der Waals surface area contributed by atoms with Crippen LogP contribution >= 0.6 is 23.2 Å². The van der Waals surface area contributed by atoms with E-state index in [4.69, 9.17) is 27.9 Å². The molecule has 8 heteroatoms. The predicted molar refractivity (Wildman–Crippen MR) is 85.9 cm³/mol. The third kappa shape index (κ3) is 4.72. The fraction of sp³-hybridized carbons (Fsp3) is 0.538. The Bertz CT molecular complexity index is 595. The van der Waals surface area contributed by atoms with Crippen LogP contribution in [-0.4, -0.2) is 47.0 Å². The normalized spacial score (nSPS) is 19.2. The van der Waals surface area contributed by atoms with Crippen LogP contribution in [0.5, 0.6) is 0 Å². The van der Waals surface area contributed by atoms with Gasteiger partial charge in [0.25, 0.3) is 0 Å². The lowest BCUT2D eigenvalue weighted by Gasteiger charge is -2.20. The predicted octanol–water partition coefficient (Wildman–Crippen LogP) is 2.14. The van der Waals surface area contributed by atoms with Crippen molar-refractivity contribution in [3.8, 4) is 0 Å². The van der Waals surface area contributed by atoms with Crippen molar-refractivity contribution < 1.29 is 13.2 Å². The third-order valence-electron chi connectivity index (χ3n) is 3.34. The molecule has 1 saturated heterocycles. The number of halogens is 2. The number of sulfonamides is 1. The lowest BCUT2D eigenvalue weighted by Crippen LogP contribution is -2.39. The number of rotatable bonds is 6. The van der Waals surface area contributed by atoms with E-state index in [1.165, 1.54) is 7.11 Å². The highest BCUT2D eigenvalue weighted by molar-refractivity contribution is 7.89. The smallest absolute Gasteiger partial charge is 0.214 e. The van der Waals surface area contributed by atoms with Crippen LogP contribution in [0, 0.1) is 0 Å². The van der Waals surface area contributed by atoms with Gasteiger partial charge in [0.15, 0.2) is 0 Å². The van der Waals surface area contributed by atoms with Gasteiger partial charge in [-0.15, -0.1) is 0 Å². The first-order chi connectivity index (χ1) is 9.91. The van der Waals surface area contributed by atoms with E-state index in [9.17, 15) is 8.42 Å². The van der Waals surface area contributed by atoms with Gasteiger partial charge in [0.05, 0.1) is 23.1 Å². The van der Waals surface area contributed by atoms with Crippen LogP contribution in [0.15, 0.2) is 18.2 Å². The molecule has 0 bridgehead atoms. The molecular formula is C13H18Cl2N2O3S. The van der Waals surface area contributed by atoms with Gasteiger partial charge < -0.3 is 9.64 Å². The Morgan fingerprint density at radius 3 is 2.86 bits per heavy atom.